The fraction of sp³-hybridized carbons (Fsp3) is 0.355. The highest BCUT2D eigenvalue weighted by Crippen LogP contribution is 2.35. The van der Waals surface area contributed by atoms with Crippen molar-refractivity contribution in [3.05, 3.63) is 106 Å². The molecule has 6 rings (SSSR count). The van der Waals surface area contributed by atoms with E-state index >= 15 is 0 Å². The van der Waals surface area contributed by atoms with Crippen molar-refractivity contribution >= 4 is 10.9 Å². The maximum atomic E-state index is 13.8. The number of pyridine rings is 1. The molecule has 5 aromatic rings. The molecule has 3 heterocycles. The van der Waals surface area contributed by atoms with Crippen molar-refractivity contribution < 1.29 is 9.15 Å². The first-order chi connectivity index (χ1) is 19.6. The van der Waals surface area contributed by atoms with Crippen molar-refractivity contribution in [2.45, 2.75) is 64.2 Å². The lowest BCUT2D eigenvalue weighted by molar-refractivity contribution is 0.176. The Balaban J connectivity index is 1.53. The van der Waals surface area contributed by atoms with Gasteiger partial charge in [0.2, 0.25) is 0 Å². The molecule has 2 aromatic carbocycles. The van der Waals surface area contributed by atoms with Crippen molar-refractivity contribution in [3.8, 4) is 5.75 Å². The average Bonchev–Trinajstić information content (AvgIpc) is 3.77. The summed E-state index contributed by atoms with van der Waals surface area (Å²) in [6.45, 7) is 3.11. The van der Waals surface area contributed by atoms with Gasteiger partial charge in [-0.15, -0.1) is 5.10 Å². The first-order valence-electron chi connectivity index (χ1n) is 14.0. The van der Waals surface area contributed by atoms with Crippen molar-refractivity contribution in [1.29, 1.82) is 0 Å². The molecular weight excluding hydrogens is 504 g/mol. The number of fused-ring (bicyclic) bond motifs is 1. The van der Waals surface area contributed by atoms with Gasteiger partial charge in [-0.05, 0) is 88.7 Å². The monoisotopic (exact) mass is 538 g/mol. The normalized spacial score (nSPS) is 14.8. The van der Waals surface area contributed by atoms with Crippen LogP contribution in [0.25, 0.3) is 10.9 Å². The third kappa shape index (κ3) is 5.29. The smallest absolute Gasteiger partial charge is 0.253 e. The summed E-state index contributed by atoms with van der Waals surface area (Å²) in [6.07, 6.45) is 6.91. The topological polar surface area (TPSA) is 102 Å². The number of hydrogen-bond donors (Lipinski definition) is 1. The van der Waals surface area contributed by atoms with E-state index < -0.39 is 6.04 Å². The molecule has 0 aliphatic heterocycles. The zero-order chi connectivity index (χ0) is 27.5. The van der Waals surface area contributed by atoms with Crippen LogP contribution < -0.4 is 10.3 Å². The van der Waals surface area contributed by atoms with Crippen LogP contribution in [-0.4, -0.2) is 37.2 Å². The van der Waals surface area contributed by atoms with Crippen LogP contribution in [0.1, 0.15) is 73.0 Å². The van der Waals surface area contributed by atoms with Crippen LogP contribution in [-0.2, 0) is 19.5 Å². The van der Waals surface area contributed by atoms with Crippen molar-refractivity contribution in [3.63, 3.8) is 0 Å². The minimum absolute atomic E-state index is 0.155. The molecule has 0 unspecified atom stereocenters. The molecule has 40 heavy (non-hydrogen) atoms. The van der Waals surface area contributed by atoms with E-state index in [4.69, 9.17) is 9.15 Å². The largest absolute Gasteiger partial charge is 0.497 e. The molecule has 1 aliphatic carbocycles. The predicted molar refractivity (Wildman–Crippen MR) is 152 cm³/mol. The molecule has 9 nitrogen and oxygen atoms in total. The fourth-order valence-electron chi connectivity index (χ4n) is 5.83. The molecular formula is C31H34N6O3. The van der Waals surface area contributed by atoms with Crippen LogP contribution in [0, 0.1) is 0 Å². The highest BCUT2D eigenvalue weighted by Gasteiger charge is 2.34. The highest BCUT2D eigenvalue weighted by molar-refractivity contribution is 5.80. The standard InChI is InChI=1S/C31H34N6O3/c1-3-21-13-14-28-23(16-21)18-27(31(38)32-28)29(30-33-34-35-37(30)24-9-4-5-10-24)36(20-26-12-7-15-40-26)19-22-8-6-11-25(17-22)39-2/h6-8,11-18,24,29H,3-5,9-10,19-20H2,1-2H3,(H,32,38)/t29-/m0/s1. The van der Waals surface area contributed by atoms with E-state index in [-0.39, 0.29) is 11.6 Å². The van der Waals surface area contributed by atoms with Crippen LogP contribution in [0.2, 0.25) is 0 Å². The van der Waals surface area contributed by atoms with Crippen LogP contribution in [0.15, 0.2) is 76.1 Å². The van der Waals surface area contributed by atoms with Crippen LogP contribution >= 0.6 is 0 Å². The number of nitrogens with zero attached hydrogens (tertiary/aromatic N) is 5. The van der Waals surface area contributed by atoms with E-state index in [0.717, 1.165) is 60.1 Å². The number of furan rings is 1. The number of tetrazole rings is 1. The summed E-state index contributed by atoms with van der Waals surface area (Å²) in [5.41, 5.74) is 3.51. The summed E-state index contributed by atoms with van der Waals surface area (Å²) < 4.78 is 13.3. The second kappa shape index (κ2) is 11.5. The predicted octanol–water partition coefficient (Wildman–Crippen LogP) is 5.59. The number of aryl methyl sites for hydroxylation is 1. The summed E-state index contributed by atoms with van der Waals surface area (Å²) in [6, 6.07) is 19.7. The molecule has 1 N–H and O–H groups in total. The van der Waals surface area contributed by atoms with Crippen LogP contribution in [0.5, 0.6) is 5.75 Å². The summed E-state index contributed by atoms with van der Waals surface area (Å²) in [4.78, 5) is 19.2. The number of ether oxygens (including phenoxy) is 1. The molecule has 206 valence electrons. The van der Waals surface area contributed by atoms with E-state index in [1.807, 2.05) is 47.1 Å². The Morgan fingerprint density at radius 3 is 2.73 bits per heavy atom. The van der Waals surface area contributed by atoms with E-state index in [1.165, 1.54) is 5.56 Å². The van der Waals surface area contributed by atoms with Gasteiger partial charge in [0.25, 0.3) is 5.56 Å². The zero-order valence-corrected chi connectivity index (χ0v) is 22.9. The molecule has 0 radical (unpaired) electrons. The van der Waals surface area contributed by atoms with E-state index in [2.05, 4.69) is 50.5 Å². The molecule has 9 heteroatoms. The van der Waals surface area contributed by atoms with Crippen LogP contribution in [0.4, 0.5) is 0 Å². The van der Waals surface area contributed by atoms with Gasteiger partial charge in [0.15, 0.2) is 5.82 Å². The lowest BCUT2D eigenvalue weighted by atomic mass is 10.0. The van der Waals surface area contributed by atoms with Gasteiger partial charge < -0.3 is 14.1 Å². The minimum Gasteiger partial charge on any atom is -0.497 e. The third-order valence-corrected chi connectivity index (χ3v) is 7.90. The number of aromatic amines is 1. The van der Waals surface area contributed by atoms with Gasteiger partial charge in [0.1, 0.15) is 17.6 Å². The third-order valence-electron chi connectivity index (χ3n) is 7.90. The second-order valence-corrected chi connectivity index (χ2v) is 10.5. The number of rotatable bonds is 10. The molecule has 0 bridgehead atoms. The Morgan fingerprint density at radius 1 is 1.07 bits per heavy atom. The Hall–Kier alpha value is -4.24. The molecule has 1 fully saturated rings. The average molecular weight is 539 g/mol. The second-order valence-electron chi connectivity index (χ2n) is 10.5. The first kappa shape index (κ1) is 26.0. The number of methoxy groups -OCH3 is 1. The molecule has 1 atom stereocenters. The summed E-state index contributed by atoms with van der Waals surface area (Å²) in [5.74, 6) is 2.23. The van der Waals surface area contributed by atoms with E-state index in [0.29, 0.717) is 24.5 Å². The molecule has 1 saturated carbocycles. The quantitative estimate of drug-likeness (QED) is 0.247. The number of nitrogens with one attached hydrogen (secondary N) is 1. The zero-order valence-electron chi connectivity index (χ0n) is 22.9. The highest BCUT2D eigenvalue weighted by atomic mass is 16.5. The summed E-state index contributed by atoms with van der Waals surface area (Å²) in [7, 11) is 1.66. The van der Waals surface area contributed by atoms with Gasteiger partial charge in [-0.1, -0.05) is 38.0 Å². The minimum atomic E-state index is -0.523. The molecule has 0 saturated heterocycles. The number of benzene rings is 2. The van der Waals surface area contributed by atoms with Gasteiger partial charge in [0, 0.05) is 17.6 Å². The fourth-order valence-corrected chi connectivity index (χ4v) is 5.83. The Kier molecular flexibility index (Phi) is 7.46. The van der Waals surface area contributed by atoms with Gasteiger partial charge in [-0.25, -0.2) is 4.68 Å². The maximum Gasteiger partial charge on any atom is 0.253 e. The molecule has 0 amide bonds. The lowest BCUT2D eigenvalue weighted by Crippen LogP contribution is -2.35. The van der Waals surface area contributed by atoms with Gasteiger partial charge in [-0.2, -0.15) is 0 Å². The summed E-state index contributed by atoms with van der Waals surface area (Å²) in [5, 5.41) is 14.1. The van der Waals surface area contributed by atoms with Crippen molar-refractivity contribution in [1.82, 2.24) is 30.1 Å². The lowest BCUT2D eigenvalue weighted by Gasteiger charge is -2.31. The number of H-pyrrole nitrogens is 1. The Morgan fingerprint density at radius 2 is 1.95 bits per heavy atom. The number of hydrogen-bond acceptors (Lipinski definition) is 7. The first-order valence-corrected chi connectivity index (χ1v) is 14.0. The molecule has 0 spiro atoms. The van der Waals surface area contributed by atoms with E-state index in [9.17, 15) is 4.79 Å². The summed E-state index contributed by atoms with van der Waals surface area (Å²) >= 11 is 0. The van der Waals surface area contributed by atoms with Gasteiger partial charge >= 0.3 is 0 Å². The SMILES string of the molecule is CCc1ccc2[nH]c(=O)c([C@@H](c3nnnn3C3CCCC3)N(Cc3cccc(OC)c3)Cc3ccco3)cc2c1. The molecule has 1 aliphatic rings. The number of aromatic nitrogens is 5. The maximum absolute atomic E-state index is 13.8. The van der Waals surface area contributed by atoms with Crippen molar-refractivity contribution in [2.24, 2.45) is 0 Å². The Labute approximate surface area is 232 Å². The molecule has 3 aromatic heterocycles. The van der Waals surface area contributed by atoms with Crippen molar-refractivity contribution in [2.75, 3.05) is 7.11 Å². The van der Waals surface area contributed by atoms with Gasteiger partial charge in [0.05, 0.1) is 26.0 Å². The van der Waals surface area contributed by atoms with E-state index in [1.54, 1.807) is 13.4 Å². The van der Waals surface area contributed by atoms with Crippen LogP contribution in [0.3, 0.4) is 0 Å². The van der Waals surface area contributed by atoms with Gasteiger partial charge in [-0.3, -0.25) is 9.69 Å². The Bertz CT molecular complexity index is 1630.